The first-order valence-corrected chi connectivity index (χ1v) is 30.6. The summed E-state index contributed by atoms with van der Waals surface area (Å²) >= 11 is 0. The summed E-state index contributed by atoms with van der Waals surface area (Å²) in [6.07, 6.45) is 12.3. The van der Waals surface area contributed by atoms with E-state index < -0.39 is 120 Å². The van der Waals surface area contributed by atoms with Gasteiger partial charge in [-0.1, -0.05) is 48.5 Å². The second-order valence-electron chi connectivity index (χ2n) is 22.4. The third-order valence-electron chi connectivity index (χ3n) is 14.4. The molecule has 522 valence electrons. The van der Waals surface area contributed by atoms with Crippen molar-refractivity contribution in [3.8, 4) is 11.5 Å². The Hall–Kier alpha value is -12.5. The van der Waals surface area contributed by atoms with E-state index in [1.807, 2.05) is 0 Å². The van der Waals surface area contributed by atoms with E-state index in [2.05, 4.69) is 18.9 Å². The molecule has 0 aliphatic rings. The van der Waals surface area contributed by atoms with Crippen molar-refractivity contribution >= 4 is 107 Å². The van der Waals surface area contributed by atoms with Gasteiger partial charge in [0.25, 0.3) is 0 Å². The fraction of sp³-hybridized carbons (Fsp3) is 0.243. The first-order chi connectivity index (χ1) is 47.8. The van der Waals surface area contributed by atoms with Gasteiger partial charge in [0.15, 0.2) is 11.5 Å². The Balaban J connectivity index is 1.31. The van der Waals surface area contributed by atoms with E-state index in [1.165, 1.54) is 188 Å². The lowest BCUT2D eigenvalue weighted by Crippen LogP contribution is -2.42. The molecule has 0 saturated carbocycles. The van der Waals surface area contributed by atoms with Crippen LogP contribution in [0.2, 0.25) is 0 Å². The van der Waals surface area contributed by atoms with Crippen LogP contribution < -0.4 is 20.9 Å². The largest absolute Gasteiger partial charge is 0.466 e. The van der Waals surface area contributed by atoms with Gasteiger partial charge in [0.05, 0.1) is 75.0 Å². The second kappa shape index (κ2) is 37.7. The maximum Gasteiger partial charge on any atom is 0.338 e. The smallest absolute Gasteiger partial charge is 0.338 e. The number of unbranched alkanes of at least 4 members (excludes halogenated alkanes) is 3. The minimum atomic E-state index is -2.15. The van der Waals surface area contributed by atoms with Crippen molar-refractivity contribution in [2.24, 2.45) is 10.8 Å². The fourth-order valence-corrected chi connectivity index (χ4v) is 8.50. The number of nitrogens with two attached hydrogens (primary N) is 2. The van der Waals surface area contributed by atoms with Crippen molar-refractivity contribution in [1.82, 2.24) is 0 Å². The van der Waals surface area contributed by atoms with Crippen LogP contribution in [0.25, 0.3) is 24.3 Å². The molecule has 100 heavy (non-hydrogen) atoms. The summed E-state index contributed by atoms with van der Waals surface area (Å²) < 4.78 is 64.1. The Morgan fingerprint density at radius 3 is 0.890 bits per heavy atom. The average Bonchev–Trinajstić information content (AvgIpc) is 0.805. The number of methoxy groups -OCH3 is 4. The standard InChI is InChI=1S/C74H72N2O24/c1-73(43-95-65(81)51-23-11-47(12-24-51)19-33-61(77)89-3,44-96-66(82)52-25-13-48(14-26-52)20-34-62(78)90-4)71(87)99-59-32-31-55(69(85)93-37-9-7-8-10-38-94-70(86)56-39-57(75)42-58(76)40-56)41-60(59)100-72(88)74(2,45-97-67(83)53-27-15-49(16-28-53)21-35-63(79)91-5)46-98-68(84)54-29-17-50(18-30-54)22-36-64(80)92-6/h11-36,39-42H,7-10,37-38,43-46,75-76H2,1-6H3. The Morgan fingerprint density at radius 1 is 0.320 bits per heavy atom. The van der Waals surface area contributed by atoms with Gasteiger partial charge in [-0.3, -0.25) is 9.59 Å². The second-order valence-corrected chi connectivity index (χ2v) is 22.4. The summed E-state index contributed by atoms with van der Waals surface area (Å²) in [4.78, 5) is 158. The van der Waals surface area contributed by atoms with Gasteiger partial charge in [-0.05, 0) is 171 Å². The number of rotatable bonds is 33. The van der Waals surface area contributed by atoms with Crippen LogP contribution in [0.1, 0.15) is 124 Å². The number of carbonyl (C=O) groups is 12. The van der Waals surface area contributed by atoms with Gasteiger partial charge in [-0.15, -0.1) is 0 Å². The van der Waals surface area contributed by atoms with E-state index in [0.717, 1.165) is 36.4 Å². The van der Waals surface area contributed by atoms with Crippen LogP contribution in [0.15, 0.2) is 158 Å². The molecule has 0 unspecified atom stereocenters. The highest BCUT2D eigenvalue weighted by Gasteiger charge is 2.42. The normalized spacial score (nSPS) is 12.3. The molecular formula is C74H72N2O24. The highest BCUT2D eigenvalue weighted by molar-refractivity contribution is 5.96. The van der Waals surface area contributed by atoms with Crippen LogP contribution in [-0.2, 0) is 76.1 Å². The summed E-state index contributed by atoms with van der Waals surface area (Å²) in [6.45, 7) is -0.973. The maximum atomic E-state index is 15.0. The molecule has 0 atom stereocenters. The fourth-order valence-electron chi connectivity index (χ4n) is 8.50. The molecule has 0 bridgehead atoms. The molecule has 6 rings (SSSR count). The quantitative estimate of drug-likeness (QED) is 0.00966. The van der Waals surface area contributed by atoms with Crippen LogP contribution in [0.3, 0.4) is 0 Å². The molecule has 0 saturated heterocycles. The van der Waals surface area contributed by atoms with E-state index in [1.54, 1.807) is 0 Å². The van der Waals surface area contributed by atoms with E-state index in [-0.39, 0.29) is 46.6 Å². The monoisotopic (exact) mass is 1370 g/mol. The summed E-state index contributed by atoms with van der Waals surface area (Å²) in [7, 11) is 4.81. The van der Waals surface area contributed by atoms with Crippen LogP contribution in [0.4, 0.5) is 11.4 Å². The highest BCUT2D eigenvalue weighted by atomic mass is 16.6. The number of nitrogen functional groups attached to an aromatic ring is 2. The molecule has 0 spiro atoms. The zero-order valence-corrected chi connectivity index (χ0v) is 55.3. The van der Waals surface area contributed by atoms with Gasteiger partial charge in [-0.25, -0.2) is 47.9 Å². The lowest BCUT2D eigenvalue weighted by molar-refractivity contribution is -0.153. The van der Waals surface area contributed by atoms with E-state index in [0.29, 0.717) is 59.3 Å². The summed E-state index contributed by atoms with van der Waals surface area (Å²) in [5.74, 6) is -11.7. The number of hydrogen-bond donors (Lipinski definition) is 2. The first kappa shape index (κ1) is 76.5. The van der Waals surface area contributed by atoms with Gasteiger partial charge < -0.3 is 68.3 Å². The Morgan fingerprint density at radius 2 is 0.590 bits per heavy atom. The van der Waals surface area contributed by atoms with Crippen molar-refractivity contribution in [3.05, 3.63) is 213 Å². The zero-order chi connectivity index (χ0) is 72.8. The number of benzene rings is 6. The highest BCUT2D eigenvalue weighted by Crippen LogP contribution is 2.35. The first-order valence-electron chi connectivity index (χ1n) is 30.6. The van der Waals surface area contributed by atoms with Crippen molar-refractivity contribution in [1.29, 1.82) is 0 Å². The van der Waals surface area contributed by atoms with Crippen LogP contribution >= 0.6 is 0 Å². The molecule has 0 aliphatic heterocycles. The van der Waals surface area contributed by atoms with Crippen molar-refractivity contribution < 1.29 is 114 Å². The predicted octanol–water partition coefficient (Wildman–Crippen LogP) is 9.42. The van der Waals surface area contributed by atoms with Crippen LogP contribution in [-0.4, -0.2) is 140 Å². The Kier molecular flexibility index (Phi) is 28.9. The minimum absolute atomic E-state index is 0.00839. The summed E-state index contributed by atoms with van der Waals surface area (Å²) in [5, 5.41) is 0. The molecule has 6 aromatic rings. The molecule has 0 radical (unpaired) electrons. The zero-order valence-electron chi connectivity index (χ0n) is 55.3. The predicted molar refractivity (Wildman–Crippen MR) is 359 cm³/mol. The summed E-state index contributed by atoms with van der Waals surface area (Å²) in [5.41, 5.74) is 9.83. The van der Waals surface area contributed by atoms with Gasteiger partial charge in [0.2, 0.25) is 0 Å². The van der Waals surface area contributed by atoms with E-state index >= 15 is 0 Å². The van der Waals surface area contributed by atoms with Crippen LogP contribution in [0.5, 0.6) is 11.5 Å². The molecule has 26 heteroatoms. The number of anilines is 2. The molecule has 0 amide bonds. The maximum absolute atomic E-state index is 15.0. The summed E-state index contributed by atoms with van der Waals surface area (Å²) in [6, 6.07) is 30.6. The van der Waals surface area contributed by atoms with E-state index in [4.69, 9.17) is 49.4 Å². The van der Waals surface area contributed by atoms with Crippen LogP contribution in [0, 0.1) is 10.8 Å². The Labute approximate surface area is 574 Å². The Bertz CT molecular complexity index is 3880. The molecule has 0 aromatic heterocycles. The number of esters is 12. The molecular weight excluding hydrogens is 1300 g/mol. The molecule has 26 nitrogen and oxygen atoms in total. The lowest BCUT2D eigenvalue weighted by Gasteiger charge is -2.28. The number of carbonyl (C=O) groups excluding carboxylic acids is 12. The molecule has 4 N–H and O–H groups in total. The SMILES string of the molecule is COC(=O)C=Cc1ccc(C(=O)OCC(C)(COC(=O)c2ccc(C=CC(=O)OC)cc2)C(=O)Oc2ccc(C(=O)OCCCCCCOC(=O)c3cc(N)cc(N)c3)cc2OC(=O)C(C)(COC(=O)c2ccc(C=CC(=O)OC)cc2)COC(=O)c2ccc(C=CC(=O)OC)cc2)cc1. The van der Waals surface area contributed by atoms with Crippen molar-refractivity contribution in [2.45, 2.75) is 39.5 Å². The van der Waals surface area contributed by atoms with Gasteiger partial charge in [0.1, 0.15) is 37.3 Å². The van der Waals surface area contributed by atoms with Gasteiger partial charge in [0, 0.05) is 35.7 Å². The van der Waals surface area contributed by atoms with Crippen molar-refractivity contribution in [3.63, 3.8) is 0 Å². The number of hydrogen-bond acceptors (Lipinski definition) is 26. The number of ether oxygens (including phenoxy) is 12. The molecule has 0 heterocycles. The molecule has 0 aliphatic carbocycles. The van der Waals surface area contributed by atoms with Gasteiger partial charge in [-0.2, -0.15) is 0 Å². The van der Waals surface area contributed by atoms with Crippen molar-refractivity contribution in [2.75, 3.05) is 79.5 Å². The minimum Gasteiger partial charge on any atom is -0.466 e. The molecule has 0 fully saturated rings. The average molecular weight is 1370 g/mol. The van der Waals surface area contributed by atoms with E-state index in [9.17, 15) is 57.5 Å². The van der Waals surface area contributed by atoms with Gasteiger partial charge >= 0.3 is 71.6 Å². The third-order valence-corrected chi connectivity index (χ3v) is 14.4. The topological polar surface area (TPSA) is 368 Å². The third kappa shape index (κ3) is 24.0. The lowest BCUT2D eigenvalue weighted by atomic mass is 9.92. The molecule has 6 aromatic carbocycles.